The molecule has 2 aliphatic heterocycles. The van der Waals surface area contributed by atoms with E-state index in [-0.39, 0.29) is 18.1 Å². The zero-order valence-corrected chi connectivity index (χ0v) is 11.1. The third-order valence-corrected chi connectivity index (χ3v) is 3.81. The molecular weight excluding hydrogens is 216 g/mol. The molecule has 1 amide bonds. The zero-order valence-electron chi connectivity index (χ0n) is 11.1. The number of carbonyl (C=O) groups excluding carboxylic acids is 1. The molecule has 2 saturated heterocycles. The molecule has 98 valence electrons. The highest BCUT2D eigenvalue weighted by atomic mass is 16.5. The predicted octanol–water partition coefficient (Wildman–Crippen LogP) is 1.22. The molecule has 3 atom stereocenters. The number of amides is 1. The molecule has 2 fully saturated rings. The number of nitrogens with zero attached hydrogens (tertiary/aromatic N) is 1. The topological polar surface area (TPSA) is 41.6 Å². The molecule has 2 aliphatic rings. The molecule has 0 bridgehead atoms. The molecule has 3 unspecified atom stereocenters. The van der Waals surface area contributed by atoms with Crippen molar-refractivity contribution in [2.75, 3.05) is 19.8 Å². The average molecular weight is 240 g/mol. The van der Waals surface area contributed by atoms with Crippen molar-refractivity contribution in [2.45, 2.75) is 45.8 Å². The van der Waals surface area contributed by atoms with Gasteiger partial charge in [0.1, 0.15) is 0 Å². The SMILES string of the molecule is CCC1NC(C(C)C)N(CC2CCOC2)C1=O. The highest BCUT2D eigenvalue weighted by Crippen LogP contribution is 2.23. The summed E-state index contributed by atoms with van der Waals surface area (Å²) in [5, 5.41) is 3.45. The number of carbonyl (C=O) groups is 1. The van der Waals surface area contributed by atoms with E-state index in [9.17, 15) is 4.79 Å². The van der Waals surface area contributed by atoms with Crippen LogP contribution < -0.4 is 5.32 Å². The van der Waals surface area contributed by atoms with Crippen LogP contribution in [0.4, 0.5) is 0 Å². The van der Waals surface area contributed by atoms with Crippen LogP contribution in [0.25, 0.3) is 0 Å². The quantitative estimate of drug-likeness (QED) is 0.803. The maximum Gasteiger partial charge on any atom is 0.241 e. The highest BCUT2D eigenvalue weighted by molar-refractivity contribution is 5.84. The Hall–Kier alpha value is -0.610. The first-order valence-electron chi connectivity index (χ1n) is 6.77. The Bertz CT molecular complexity index is 275. The molecule has 17 heavy (non-hydrogen) atoms. The maximum absolute atomic E-state index is 12.3. The summed E-state index contributed by atoms with van der Waals surface area (Å²) in [7, 11) is 0. The third-order valence-electron chi connectivity index (χ3n) is 3.81. The number of rotatable bonds is 4. The second-order valence-electron chi connectivity index (χ2n) is 5.54. The molecule has 0 saturated carbocycles. The van der Waals surface area contributed by atoms with Gasteiger partial charge in [-0.25, -0.2) is 0 Å². The van der Waals surface area contributed by atoms with Crippen molar-refractivity contribution in [3.8, 4) is 0 Å². The van der Waals surface area contributed by atoms with Crippen LogP contribution in [-0.4, -0.2) is 42.8 Å². The van der Waals surface area contributed by atoms with Gasteiger partial charge in [-0.2, -0.15) is 0 Å². The van der Waals surface area contributed by atoms with Gasteiger partial charge < -0.3 is 9.64 Å². The van der Waals surface area contributed by atoms with Crippen molar-refractivity contribution in [3.05, 3.63) is 0 Å². The minimum absolute atomic E-state index is 0.0183. The zero-order chi connectivity index (χ0) is 12.4. The minimum atomic E-state index is 0.0183. The van der Waals surface area contributed by atoms with E-state index < -0.39 is 0 Å². The molecular formula is C13H24N2O2. The van der Waals surface area contributed by atoms with Crippen LogP contribution in [0.3, 0.4) is 0 Å². The normalized spacial score (nSPS) is 34.0. The molecule has 0 aromatic carbocycles. The smallest absolute Gasteiger partial charge is 0.241 e. The van der Waals surface area contributed by atoms with Gasteiger partial charge in [0.25, 0.3) is 0 Å². The van der Waals surface area contributed by atoms with Crippen molar-refractivity contribution in [1.29, 1.82) is 0 Å². The Balaban J connectivity index is 2.02. The highest BCUT2D eigenvalue weighted by Gasteiger charge is 2.40. The molecule has 0 spiro atoms. The van der Waals surface area contributed by atoms with Crippen molar-refractivity contribution < 1.29 is 9.53 Å². The largest absolute Gasteiger partial charge is 0.381 e. The molecule has 2 rings (SSSR count). The van der Waals surface area contributed by atoms with Gasteiger partial charge in [-0.3, -0.25) is 10.1 Å². The Morgan fingerprint density at radius 1 is 1.53 bits per heavy atom. The lowest BCUT2D eigenvalue weighted by molar-refractivity contribution is -0.131. The fourth-order valence-corrected chi connectivity index (χ4v) is 2.76. The first kappa shape index (κ1) is 12.8. The van der Waals surface area contributed by atoms with Crippen LogP contribution in [0.5, 0.6) is 0 Å². The third kappa shape index (κ3) is 2.63. The summed E-state index contributed by atoms with van der Waals surface area (Å²) in [5.74, 6) is 1.26. The lowest BCUT2D eigenvalue weighted by Gasteiger charge is -2.29. The molecule has 0 aromatic rings. The minimum Gasteiger partial charge on any atom is -0.381 e. The number of ether oxygens (including phenoxy) is 1. The Kier molecular flexibility index (Phi) is 4.05. The van der Waals surface area contributed by atoms with Gasteiger partial charge in [0.05, 0.1) is 18.8 Å². The summed E-state index contributed by atoms with van der Waals surface area (Å²) < 4.78 is 5.39. The lowest BCUT2D eigenvalue weighted by Crippen LogP contribution is -2.43. The molecule has 1 N–H and O–H groups in total. The lowest BCUT2D eigenvalue weighted by atomic mass is 10.1. The summed E-state index contributed by atoms with van der Waals surface area (Å²) in [5.41, 5.74) is 0. The van der Waals surface area contributed by atoms with E-state index >= 15 is 0 Å². The van der Waals surface area contributed by atoms with Gasteiger partial charge >= 0.3 is 0 Å². The number of nitrogens with one attached hydrogen (secondary N) is 1. The summed E-state index contributed by atoms with van der Waals surface area (Å²) in [6, 6.07) is 0.0183. The van der Waals surface area contributed by atoms with E-state index in [0.717, 1.165) is 32.6 Å². The van der Waals surface area contributed by atoms with Gasteiger partial charge in [0.15, 0.2) is 0 Å². The van der Waals surface area contributed by atoms with Crippen molar-refractivity contribution in [3.63, 3.8) is 0 Å². The van der Waals surface area contributed by atoms with Gasteiger partial charge in [-0.15, -0.1) is 0 Å². The molecule has 0 aliphatic carbocycles. The molecule has 2 heterocycles. The van der Waals surface area contributed by atoms with E-state index in [2.05, 4.69) is 26.1 Å². The molecule has 0 aromatic heterocycles. The predicted molar refractivity (Wildman–Crippen MR) is 66.5 cm³/mol. The monoisotopic (exact) mass is 240 g/mol. The van der Waals surface area contributed by atoms with Crippen LogP contribution >= 0.6 is 0 Å². The standard InChI is InChI=1S/C13H24N2O2/c1-4-11-13(16)15(12(14-11)9(2)3)7-10-5-6-17-8-10/h9-12,14H,4-8H2,1-3H3. The van der Waals surface area contributed by atoms with E-state index in [4.69, 9.17) is 4.74 Å². The van der Waals surface area contributed by atoms with Crippen LogP contribution in [0.15, 0.2) is 0 Å². The van der Waals surface area contributed by atoms with Crippen LogP contribution in [0, 0.1) is 11.8 Å². The Morgan fingerprint density at radius 3 is 2.82 bits per heavy atom. The average Bonchev–Trinajstić information content (AvgIpc) is 2.89. The van der Waals surface area contributed by atoms with Crippen LogP contribution in [-0.2, 0) is 9.53 Å². The summed E-state index contributed by atoms with van der Waals surface area (Å²) in [6.45, 7) is 8.91. The Labute approximate surface area is 104 Å². The number of hydrogen-bond donors (Lipinski definition) is 1. The summed E-state index contributed by atoms with van der Waals surface area (Å²) in [4.78, 5) is 14.3. The van der Waals surface area contributed by atoms with E-state index in [1.54, 1.807) is 0 Å². The number of hydrogen-bond acceptors (Lipinski definition) is 3. The van der Waals surface area contributed by atoms with Gasteiger partial charge in [0, 0.05) is 19.1 Å². The first-order chi connectivity index (χ1) is 8.13. The van der Waals surface area contributed by atoms with Crippen molar-refractivity contribution in [2.24, 2.45) is 11.8 Å². The fourth-order valence-electron chi connectivity index (χ4n) is 2.76. The van der Waals surface area contributed by atoms with Crippen molar-refractivity contribution >= 4 is 5.91 Å². The van der Waals surface area contributed by atoms with E-state index in [0.29, 0.717) is 11.8 Å². The van der Waals surface area contributed by atoms with Crippen LogP contribution in [0.2, 0.25) is 0 Å². The maximum atomic E-state index is 12.3. The van der Waals surface area contributed by atoms with E-state index in [1.807, 2.05) is 4.90 Å². The molecule has 4 heteroatoms. The van der Waals surface area contributed by atoms with E-state index in [1.165, 1.54) is 0 Å². The first-order valence-corrected chi connectivity index (χ1v) is 6.77. The molecule has 0 radical (unpaired) electrons. The van der Waals surface area contributed by atoms with Gasteiger partial charge in [-0.1, -0.05) is 20.8 Å². The second kappa shape index (κ2) is 5.36. The summed E-state index contributed by atoms with van der Waals surface area (Å²) >= 11 is 0. The Morgan fingerprint density at radius 2 is 2.29 bits per heavy atom. The second-order valence-corrected chi connectivity index (χ2v) is 5.54. The van der Waals surface area contributed by atoms with Crippen LogP contribution in [0.1, 0.15) is 33.6 Å². The summed E-state index contributed by atoms with van der Waals surface area (Å²) in [6.07, 6.45) is 2.17. The molecule has 4 nitrogen and oxygen atoms in total. The van der Waals surface area contributed by atoms with Crippen molar-refractivity contribution in [1.82, 2.24) is 10.2 Å². The fraction of sp³-hybridized carbons (Fsp3) is 0.923. The van der Waals surface area contributed by atoms with Gasteiger partial charge in [0.2, 0.25) is 5.91 Å². The van der Waals surface area contributed by atoms with Gasteiger partial charge in [-0.05, 0) is 18.8 Å².